The van der Waals surface area contributed by atoms with E-state index in [-0.39, 0.29) is 18.5 Å². The number of amides is 1. The normalized spacial score (nSPS) is 12.0. The molecule has 1 amide bonds. The summed E-state index contributed by atoms with van der Waals surface area (Å²) >= 11 is 1.57. The molecule has 2 heterocycles. The summed E-state index contributed by atoms with van der Waals surface area (Å²) in [6.45, 7) is 1.76. The van der Waals surface area contributed by atoms with Crippen molar-refractivity contribution >= 4 is 17.2 Å². The second-order valence-electron chi connectivity index (χ2n) is 5.03. The molecule has 118 valence electrons. The van der Waals surface area contributed by atoms with Crippen molar-refractivity contribution in [3.8, 4) is 11.4 Å². The van der Waals surface area contributed by atoms with Crippen LogP contribution in [0.3, 0.4) is 0 Å². The van der Waals surface area contributed by atoms with Crippen LogP contribution in [-0.4, -0.2) is 15.6 Å². The second kappa shape index (κ2) is 6.62. The minimum absolute atomic E-state index is 0.113. The number of carbonyl (C=O) groups is 1. The number of carbonyl (C=O) groups excluding carboxylic acids is 1. The van der Waals surface area contributed by atoms with Crippen molar-refractivity contribution in [1.29, 1.82) is 0 Å². The fraction of sp³-hybridized carbons (Fsp3) is 0.188. The molecule has 23 heavy (non-hydrogen) atoms. The van der Waals surface area contributed by atoms with Gasteiger partial charge < -0.3 is 5.32 Å². The van der Waals surface area contributed by atoms with Gasteiger partial charge in [0.2, 0.25) is 5.91 Å². The minimum atomic E-state index is -0.650. The quantitative estimate of drug-likeness (QED) is 0.780. The van der Waals surface area contributed by atoms with Gasteiger partial charge in [-0.15, -0.1) is 11.3 Å². The summed E-state index contributed by atoms with van der Waals surface area (Å²) in [5, 5.41) is 8.59. The lowest BCUT2D eigenvalue weighted by atomic mass is 10.2. The van der Waals surface area contributed by atoms with Crippen molar-refractivity contribution in [2.24, 2.45) is 0 Å². The molecular formula is C16H15N3O3S. The Bertz CT molecular complexity index is 837. The number of nitrogens with zero attached hydrogens (tertiary/aromatic N) is 2. The molecule has 0 aliphatic heterocycles. The third kappa shape index (κ3) is 3.40. The molecule has 0 aliphatic rings. The summed E-state index contributed by atoms with van der Waals surface area (Å²) < 4.78 is 5.94. The topological polar surface area (TPSA) is 77.1 Å². The first-order valence-electron chi connectivity index (χ1n) is 7.10. The van der Waals surface area contributed by atoms with Crippen LogP contribution in [-0.2, 0) is 11.3 Å². The van der Waals surface area contributed by atoms with E-state index in [0.717, 1.165) is 10.4 Å². The van der Waals surface area contributed by atoms with Gasteiger partial charge in [0.15, 0.2) is 5.82 Å². The van der Waals surface area contributed by atoms with Crippen LogP contribution in [0.25, 0.3) is 11.4 Å². The van der Waals surface area contributed by atoms with E-state index < -0.39 is 5.76 Å². The van der Waals surface area contributed by atoms with Gasteiger partial charge in [-0.2, -0.15) is 0 Å². The fourth-order valence-corrected chi connectivity index (χ4v) is 2.98. The van der Waals surface area contributed by atoms with Crippen molar-refractivity contribution in [3.63, 3.8) is 0 Å². The smallest absolute Gasteiger partial charge is 0.347 e. The fourth-order valence-electron chi connectivity index (χ4n) is 2.24. The number of hydrogen-bond donors (Lipinski definition) is 1. The third-order valence-electron chi connectivity index (χ3n) is 3.37. The maximum atomic E-state index is 12.2. The second-order valence-corrected chi connectivity index (χ2v) is 6.01. The van der Waals surface area contributed by atoms with E-state index >= 15 is 0 Å². The summed E-state index contributed by atoms with van der Waals surface area (Å²) in [5.74, 6) is -0.578. The van der Waals surface area contributed by atoms with Crippen molar-refractivity contribution in [3.05, 3.63) is 63.3 Å². The van der Waals surface area contributed by atoms with Crippen LogP contribution in [0.15, 0.2) is 57.2 Å². The number of benzene rings is 1. The van der Waals surface area contributed by atoms with Gasteiger partial charge in [-0.1, -0.05) is 41.6 Å². The number of rotatable bonds is 5. The molecule has 0 spiro atoms. The van der Waals surface area contributed by atoms with Gasteiger partial charge in [-0.3, -0.25) is 9.32 Å². The average Bonchev–Trinajstić information content (AvgIpc) is 3.19. The molecule has 1 aromatic carbocycles. The molecule has 0 saturated heterocycles. The van der Waals surface area contributed by atoms with E-state index in [4.69, 9.17) is 4.52 Å². The Morgan fingerprint density at radius 2 is 2.09 bits per heavy atom. The summed E-state index contributed by atoms with van der Waals surface area (Å²) in [7, 11) is 0. The van der Waals surface area contributed by atoms with Crippen LogP contribution in [0, 0.1) is 0 Å². The van der Waals surface area contributed by atoms with Gasteiger partial charge in [0.05, 0.1) is 6.04 Å². The zero-order valence-electron chi connectivity index (χ0n) is 12.4. The van der Waals surface area contributed by atoms with Crippen LogP contribution in [0.5, 0.6) is 0 Å². The first-order chi connectivity index (χ1) is 11.1. The van der Waals surface area contributed by atoms with E-state index in [9.17, 15) is 9.59 Å². The SMILES string of the molecule is CC(NC(=O)Cn1c(-c2ccccc2)noc1=O)c1cccs1. The molecule has 1 N–H and O–H groups in total. The molecule has 0 radical (unpaired) electrons. The van der Waals surface area contributed by atoms with E-state index in [1.54, 1.807) is 23.5 Å². The Morgan fingerprint density at radius 1 is 1.30 bits per heavy atom. The molecule has 0 bridgehead atoms. The third-order valence-corrected chi connectivity index (χ3v) is 4.42. The zero-order chi connectivity index (χ0) is 16.2. The van der Waals surface area contributed by atoms with E-state index in [1.807, 2.05) is 42.6 Å². The van der Waals surface area contributed by atoms with Gasteiger partial charge in [-0.05, 0) is 18.4 Å². The Kier molecular flexibility index (Phi) is 4.38. The van der Waals surface area contributed by atoms with Gasteiger partial charge in [-0.25, -0.2) is 9.36 Å². The molecule has 0 fully saturated rings. The largest absolute Gasteiger partial charge is 0.442 e. The Hall–Kier alpha value is -2.67. The van der Waals surface area contributed by atoms with E-state index in [2.05, 4.69) is 10.5 Å². The number of thiophene rings is 1. The predicted octanol–water partition coefficient (Wildman–Crippen LogP) is 2.44. The molecule has 1 atom stereocenters. The lowest BCUT2D eigenvalue weighted by Gasteiger charge is -2.12. The van der Waals surface area contributed by atoms with Crippen LogP contribution in [0.4, 0.5) is 0 Å². The van der Waals surface area contributed by atoms with Crippen molar-refractivity contribution < 1.29 is 9.32 Å². The first-order valence-corrected chi connectivity index (χ1v) is 7.98. The molecule has 3 rings (SSSR count). The highest BCUT2D eigenvalue weighted by Crippen LogP contribution is 2.18. The maximum Gasteiger partial charge on any atom is 0.442 e. The highest BCUT2D eigenvalue weighted by atomic mass is 32.1. The maximum absolute atomic E-state index is 12.2. The summed E-state index contributed by atoms with van der Waals surface area (Å²) in [4.78, 5) is 25.1. The van der Waals surface area contributed by atoms with Crippen LogP contribution < -0.4 is 11.1 Å². The first kappa shape index (κ1) is 15.2. The highest BCUT2D eigenvalue weighted by Gasteiger charge is 2.17. The number of hydrogen-bond acceptors (Lipinski definition) is 5. The van der Waals surface area contributed by atoms with Crippen molar-refractivity contribution in [2.45, 2.75) is 19.5 Å². The van der Waals surface area contributed by atoms with E-state index in [1.165, 1.54) is 4.57 Å². The van der Waals surface area contributed by atoms with Crippen LogP contribution in [0.2, 0.25) is 0 Å². The van der Waals surface area contributed by atoms with Gasteiger partial charge in [0, 0.05) is 10.4 Å². The molecule has 6 nitrogen and oxygen atoms in total. The molecule has 7 heteroatoms. The Labute approximate surface area is 136 Å². The van der Waals surface area contributed by atoms with Crippen LogP contribution >= 0.6 is 11.3 Å². The van der Waals surface area contributed by atoms with Crippen LogP contribution in [0.1, 0.15) is 17.8 Å². The highest BCUT2D eigenvalue weighted by molar-refractivity contribution is 7.10. The average molecular weight is 329 g/mol. The standard InChI is InChI=1S/C16H15N3O3S/c1-11(13-8-5-9-23-13)17-14(20)10-19-15(18-22-16(19)21)12-6-3-2-4-7-12/h2-9,11H,10H2,1H3,(H,17,20). The van der Waals surface area contributed by atoms with Gasteiger partial charge in [0.1, 0.15) is 6.54 Å². The molecule has 0 saturated carbocycles. The monoisotopic (exact) mass is 329 g/mol. The summed E-state index contributed by atoms with van der Waals surface area (Å²) in [6, 6.07) is 12.9. The predicted molar refractivity (Wildman–Crippen MR) is 87.1 cm³/mol. The molecule has 1 unspecified atom stereocenters. The summed E-state index contributed by atoms with van der Waals surface area (Å²) in [6.07, 6.45) is 0. The lowest BCUT2D eigenvalue weighted by Crippen LogP contribution is -2.32. The molecular weight excluding hydrogens is 314 g/mol. The summed E-state index contributed by atoms with van der Waals surface area (Å²) in [5.41, 5.74) is 0.720. The molecule has 0 aliphatic carbocycles. The molecule has 3 aromatic rings. The van der Waals surface area contributed by atoms with E-state index in [0.29, 0.717) is 5.82 Å². The Morgan fingerprint density at radius 3 is 2.78 bits per heavy atom. The van der Waals surface area contributed by atoms with Crippen molar-refractivity contribution in [2.75, 3.05) is 0 Å². The number of aromatic nitrogens is 2. The Balaban J connectivity index is 1.77. The lowest BCUT2D eigenvalue weighted by molar-refractivity contribution is -0.122. The van der Waals surface area contributed by atoms with Gasteiger partial charge in [0.25, 0.3) is 0 Å². The minimum Gasteiger partial charge on any atom is -0.347 e. The van der Waals surface area contributed by atoms with Crippen molar-refractivity contribution in [1.82, 2.24) is 15.0 Å². The zero-order valence-corrected chi connectivity index (χ0v) is 13.2. The molecule has 2 aromatic heterocycles. The van der Waals surface area contributed by atoms with Gasteiger partial charge >= 0.3 is 5.76 Å². The number of nitrogens with one attached hydrogen (secondary N) is 1.